The Morgan fingerprint density at radius 2 is 2.00 bits per heavy atom. The van der Waals surface area contributed by atoms with Gasteiger partial charge in [-0.15, -0.1) is 0 Å². The molecule has 0 aliphatic rings. The van der Waals surface area contributed by atoms with Gasteiger partial charge in [-0.05, 0) is 33.8 Å². The Labute approximate surface area is 135 Å². The summed E-state index contributed by atoms with van der Waals surface area (Å²) in [5.74, 6) is 1.12. The largest absolute Gasteiger partial charge is 0.442 e. The Morgan fingerprint density at radius 3 is 2.70 bits per heavy atom. The normalized spacial score (nSPS) is 11.4. The van der Waals surface area contributed by atoms with Gasteiger partial charge in [-0.25, -0.2) is 4.99 Å². The molecule has 3 rings (SSSR count). The van der Waals surface area contributed by atoms with Gasteiger partial charge in [0, 0.05) is 40.5 Å². The number of furan rings is 1. The number of nitriles is 1. The Morgan fingerprint density at radius 1 is 1.26 bits per heavy atom. The highest BCUT2D eigenvalue weighted by molar-refractivity contribution is 6.01. The highest BCUT2D eigenvalue weighted by Gasteiger charge is 2.15. The summed E-state index contributed by atoms with van der Waals surface area (Å²) in [5.41, 5.74) is 4.79. The van der Waals surface area contributed by atoms with E-state index in [1.807, 2.05) is 32.2 Å². The van der Waals surface area contributed by atoms with Gasteiger partial charge in [-0.2, -0.15) is 5.26 Å². The van der Waals surface area contributed by atoms with Crippen LogP contribution in [0.1, 0.15) is 35.1 Å². The van der Waals surface area contributed by atoms with E-state index in [4.69, 9.17) is 4.42 Å². The summed E-state index contributed by atoms with van der Waals surface area (Å²) in [7, 11) is 0. The zero-order valence-corrected chi connectivity index (χ0v) is 13.8. The molecule has 0 aliphatic carbocycles. The topological polar surface area (TPSA) is 54.2 Å². The van der Waals surface area contributed by atoms with Gasteiger partial charge < -0.3 is 8.98 Å². The number of benzene rings is 1. The number of aromatic nitrogens is 1. The van der Waals surface area contributed by atoms with Gasteiger partial charge in [0.2, 0.25) is 5.88 Å². The van der Waals surface area contributed by atoms with E-state index in [1.54, 1.807) is 0 Å². The van der Waals surface area contributed by atoms with Crippen molar-refractivity contribution in [2.45, 2.75) is 34.2 Å². The van der Waals surface area contributed by atoms with E-state index in [-0.39, 0.29) is 0 Å². The fourth-order valence-corrected chi connectivity index (χ4v) is 2.98. The van der Waals surface area contributed by atoms with Crippen LogP contribution in [-0.4, -0.2) is 10.8 Å². The van der Waals surface area contributed by atoms with Crippen molar-refractivity contribution >= 4 is 23.0 Å². The average Bonchev–Trinajstić information content (AvgIpc) is 2.98. The standard InChI is InChI=1S/C19H19N3O/c1-5-22-13(3)17(15-8-6-7-9-18(15)22)11-21-19-16(10-20)12(2)14(4)23-19/h6-9,11H,5H2,1-4H3/b21-11+. The Balaban J connectivity index is 2.15. The van der Waals surface area contributed by atoms with E-state index in [0.717, 1.165) is 34.5 Å². The van der Waals surface area contributed by atoms with Crippen LogP contribution in [0, 0.1) is 32.1 Å². The van der Waals surface area contributed by atoms with Crippen molar-refractivity contribution in [3.8, 4) is 6.07 Å². The second-order valence-electron chi connectivity index (χ2n) is 5.59. The summed E-state index contributed by atoms with van der Waals surface area (Å²) >= 11 is 0. The van der Waals surface area contributed by atoms with Crippen molar-refractivity contribution in [1.29, 1.82) is 5.26 Å². The van der Waals surface area contributed by atoms with Crippen LogP contribution in [-0.2, 0) is 6.54 Å². The molecule has 23 heavy (non-hydrogen) atoms. The second kappa shape index (κ2) is 5.77. The molecule has 0 N–H and O–H groups in total. The molecule has 0 unspecified atom stereocenters. The van der Waals surface area contributed by atoms with Crippen LogP contribution in [0.5, 0.6) is 0 Å². The minimum Gasteiger partial charge on any atom is -0.442 e. The first kappa shape index (κ1) is 15.1. The number of hydrogen-bond acceptors (Lipinski definition) is 3. The third kappa shape index (κ3) is 2.35. The third-order valence-electron chi connectivity index (χ3n) is 4.39. The summed E-state index contributed by atoms with van der Waals surface area (Å²) in [4.78, 5) is 4.46. The van der Waals surface area contributed by atoms with Gasteiger partial charge in [0.25, 0.3) is 0 Å². The SMILES string of the molecule is CCn1c(C)c(/C=N/c2oc(C)c(C)c2C#N)c2ccccc21. The molecule has 2 aromatic heterocycles. The summed E-state index contributed by atoms with van der Waals surface area (Å²) in [6.45, 7) is 8.86. The molecule has 0 fully saturated rings. The molecule has 2 heterocycles. The number of rotatable bonds is 3. The van der Waals surface area contributed by atoms with Crippen LogP contribution in [0.15, 0.2) is 33.7 Å². The summed E-state index contributed by atoms with van der Waals surface area (Å²) in [5, 5.41) is 10.5. The number of nitrogens with zero attached hydrogens (tertiary/aromatic N) is 3. The van der Waals surface area contributed by atoms with E-state index < -0.39 is 0 Å². The van der Waals surface area contributed by atoms with Gasteiger partial charge in [-0.1, -0.05) is 18.2 Å². The Hall–Kier alpha value is -2.80. The van der Waals surface area contributed by atoms with Crippen molar-refractivity contribution < 1.29 is 4.42 Å². The van der Waals surface area contributed by atoms with E-state index in [0.29, 0.717) is 11.4 Å². The van der Waals surface area contributed by atoms with Crippen molar-refractivity contribution in [1.82, 2.24) is 4.57 Å². The maximum atomic E-state index is 9.29. The summed E-state index contributed by atoms with van der Waals surface area (Å²) in [6, 6.07) is 10.5. The lowest BCUT2D eigenvalue weighted by molar-refractivity contribution is 0.542. The van der Waals surface area contributed by atoms with Crippen LogP contribution in [0.3, 0.4) is 0 Å². The van der Waals surface area contributed by atoms with E-state index in [2.05, 4.69) is 41.6 Å². The molecular formula is C19H19N3O. The zero-order chi connectivity index (χ0) is 16.6. The van der Waals surface area contributed by atoms with Crippen molar-refractivity contribution in [2.24, 2.45) is 4.99 Å². The number of aryl methyl sites for hydroxylation is 2. The van der Waals surface area contributed by atoms with E-state index in [1.165, 1.54) is 5.52 Å². The predicted molar refractivity (Wildman–Crippen MR) is 92.5 cm³/mol. The number of para-hydroxylation sites is 1. The number of hydrogen-bond donors (Lipinski definition) is 0. The lowest BCUT2D eigenvalue weighted by atomic mass is 10.1. The van der Waals surface area contributed by atoms with Crippen LogP contribution in [0.2, 0.25) is 0 Å². The maximum Gasteiger partial charge on any atom is 0.237 e. The van der Waals surface area contributed by atoms with Gasteiger partial charge in [0.05, 0.1) is 0 Å². The minimum atomic E-state index is 0.384. The van der Waals surface area contributed by atoms with E-state index >= 15 is 0 Å². The first-order valence-corrected chi connectivity index (χ1v) is 7.70. The second-order valence-corrected chi connectivity index (χ2v) is 5.59. The molecule has 0 amide bonds. The monoisotopic (exact) mass is 305 g/mol. The molecule has 0 spiro atoms. The lowest BCUT2D eigenvalue weighted by Gasteiger charge is -2.03. The highest BCUT2D eigenvalue weighted by Crippen LogP contribution is 2.29. The van der Waals surface area contributed by atoms with Crippen LogP contribution >= 0.6 is 0 Å². The molecule has 0 aliphatic heterocycles. The first-order valence-electron chi connectivity index (χ1n) is 7.70. The zero-order valence-electron chi connectivity index (χ0n) is 13.8. The number of aliphatic imine (C=N–C) groups is 1. The molecular weight excluding hydrogens is 286 g/mol. The predicted octanol–water partition coefficient (Wildman–Crippen LogP) is 4.80. The average molecular weight is 305 g/mol. The Kier molecular flexibility index (Phi) is 3.79. The van der Waals surface area contributed by atoms with Crippen LogP contribution < -0.4 is 0 Å². The van der Waals surface area contributed by atoms with Gasteiger partial charge in [0.1, 0.15) is 17.4 Å². The van der Waals surface area contributed by atoms with Gasteiger partial charge in [0.15, 0.2) is 0 Å². The quantitative estimate of drug-likeness (QED) is 0.652. The minimum absolute atomic E-state index is 0.384. The van der Waals surface area contributed by atoms with Crippen LogP contribution in [0.25, 0.3) is 10.9 Å². The molecule has 0 bridgehead atoms. The van der Waals surface area contributed by atoms with Gasteiger partial charge in [-0.3, -0.25) is 0 Å². The molecule has 0 atom stereocenters. The molecule has 0 saturated carbocycles. The third-order valence-corrected chi connectivity index (χ3v) is 4.39. The fraction of sp³-hybridized carbons (Fsp3) is 0.263. The maximum absolute atomic E-state index is 9.29. The Bertz CT molecular complexity index is 951. The smallest absolute Gasteiger partial charge is 0.237 e. The number of fused-ring (bicyclic) bond motifs is 1. The first-order chi connectivity index (χ1) is 11.1. The van der Waals surface area contributed by atoms with Crippen molar-refractivity contribution in [2.75, 3.05) is 0 Å². The van der Waals surface area contributed by atoms with Crippen LogP contribution in [0.4, 0.5) is 5.88 Å². The fourth-order valence-electron chi connectivity index (χ4n) is 2.98. The van der Waals surface area contributed by atoms with Crippen molar-refractivity contribution in [3.05, 3.63) is 52.4 Å². The highest BCUT2D eigenvalue weighted by atomic mass is 16.4. The summed E-state index contributed by atoms with van der Waals surface area (Å²) in [6.07, 6.45) is 1.81. The van der Waals surface area contributed by atoms with Gasteiger partial charge >= 0.3 is 0 Å². The molecule has 116 valence electrons. The molecule has 0 radical (unpaired) electrons. The summed E-state index contributed by atoms with van der Waals surface area (Å²) < 4.78 is 7.88. The lowest BCUT2D eigenvalue weighted by Crippen LogP contribution is -1.96. The van der Waals surface area contributed by atoms with E-state index in [9.17, 15) is 5.26 Å². The molecule has 4 heteroatoms. The molecule has 0 saturated heterocycles. The van der Waals surface area contributed by atoms with Crippen molar-refractivity contribution in [3.63, 3.8) is 0 Å². The molecule has 3 aromatic rings. The molecule has 1 aromatic carbocycles. The molecule has 4 nitrogen and oxygen atoms in total.